The molecule has 2 aliphatic carbocycles. The molecular formula is C22H31F3O2. The molecule has 0 amide bonds. The molecule has 2 fully saturated rings. The molecule has 1 aromatic rings. The van der Waals surface area contributed by atoms with Crippen molar-refractivity contribution in [2.75, 3.05) is 6.61 Å². The molecule has 3 rings (SSSR count). The van der Waals surface area contributed by atoms with Crippen molar-refractivity contribution < 1.29 is 22.6 Å². The van der Waals surface area contributed by atoms with Gasteiger partial charge in [-0.2, -0.15) is 0 Å². The van der Waals surface area contributed by atoms with Crippen molar-refractivity contribution in [3.05, 3.63) is 29.8 Å². The Bertz CT molecular complexity index is 570. The zero-order valence-electron chi connectivity index (χ0n) is 16.1. The van der Waals surface area contributed by atoms with Gasteiger partial charge in [0.2, 0.25) is 0 Å². The summed E-state index contributed by atoms with van der Waals surface area (Å²) in [4.78, 5) is 0. The summed E-state index contributed by atoms with van der Waals surface area (Å²) in [6.45, 7) is 3.10. The first kappa shape index (κ1) is 20.5. The summed E-state index contributed by atoms with van der Waals surface area (Å²) in [5, 5.41) is 0. The highest BCUT2D eigenvalue weighted by atomic mass is 19.4. The van der Waals surface area contributed by atoms with Crippen LogP contribution in [0.5, 0.6) is 5.75 Å². The van der Waals surface area contributed by atoms with Gasteiger partial charge < -0.3 is 9.47 Å². The topological polar surface area (TPSA) is 18.5 Å². The van der Waals surface area contributed by atoms with Crippen molar-refractivity contribution in [3.63, 3.8) is 0 Å². The van der Waals surface area contributed by atoms with Gasteiger partial charge in [0.1, 0.15) is 5.75 Å². The first-order valence-corrected chi connectivity index (χ1v) is 10.4. The second kappa shape index (κ2) is 9.31. The van der Waals surface area contributed by atoms with Crippen LogP contribution in [0.3, 0.4) is 0 Å². The first-order chi connectivity index (χ1) is 12.9. The Labute approximate surface area is 160 Å². The van der Waals surface area contributed by atoms with Crippen molar-refractivity contribution in [1.82, 2.24) is 0 Å². The molecule has 2 nitrogen and oxygen atoms in total. The lowest BCUT2D eigenvalue weighted by Gasteiger charge is -2.42. The number of hydrogen-bond donors (Lipinski definition) is 0. The van der Waals surface area contributed by atoms with Gasteiger partial charge in [0, 0.05) is 6.61 Å². The molecule has 2 saturated carbocycles. The molecule has 0 aromatic heterocycles. The zero-order chi connectivity index (χ0) is 19.3. The summed E-state index contributed by atoms with van der Waals surface area (Å²) in [7, 11) is 0. The summed E-state index contributed by atoms with van der Waals surface area (Å²) < 4.78 is 47.0. The second-order valence-corrected chi connectivity index (χ2v) is 8.16. The van der Waals surface area contributed by atoms with Crippen molar-refractivity contribution in [2.24, 2.45) is 11.8 Å². The minimum atomic E-state index is -4.63. The summed E-state index contributed by atoms with van der Waals surface area (Å²) in [6.07, 6.45) is 6.44. The maximum absolute atomic E-state index is 12.3. The van der Waals surface area contributed by atoms with E-state index in [1.165, 1.54) is 44.2 Å². The van der Waals surface area contributed by atoms with Gasteiger partial charge >= 0.3 is 6.36 Å². The van der Waals surface area contributed by atoms with Crippen LogP contribution in [0.4, 0.5) is 13.2 Å². The fraction of sp³-hybridized carbons (Fsp3) is 0.727. The van der Waals surface area contributed by atoms with Crippen molar-refractivity contribution in [2.45, 2.75) is 83.1 Å². The van der Waals surface area contributed by atoms with Crippen LogP contribution in [0.15, 0.2) is 24.3 Å². The third-order valence-electron chi connectivity index (χ3n) is 6.25. The molecule has 4 unspecified atom stereocenters. The highest BCUT2D eigenvalue weighted by molar-refractivity contribution is 5.30. The van der Waals surface area contributed by atoms with E-state index in [0.29, 0.717) is 12.0 Å². The number of halogens is 3. The van der Waals surface area contributed by atoms with Crippen LogP contribution in [0.1, 0.15) is 76.2 Å². The van der Waals surface area contributed by atoms with Crippen LogP contribution >= 0.6 is 0 Å². The standard InChI is InChI=1S/C22H31F3O2/c1-2-3-4-13-26-21-12-9-18-14-17(5-6-19(18)15-21)16-7-10-20(11-8-16)27-22(23,24)25/h7-8,10-11,17-19,21H,2-6,9,12-15H2,1H3. The highest BCUT2D eigenvalue weighted by Crippen LogP contribution is 2.46. The number of benzene rings is 1. The summed E-state index contributed by atoms with van der Waals surface area (Å²) in [6, 6.07) is 6.48. The molecule has 0 spiro atoms. The molecule has 5 heteroatoms. The minimum Gasteiger partial charge on any atom is -0.406 e. The molecule has 0 N–H and O–H groups in total. The Hall–Kier alpha value is -1.23. The second-order valence-electron chi connectivity index (χ2n) is 8.16. The Balaban J connectivity index is 1.48. The van der Waals surface area contributed by atoms with Crippen molar-refractivity contribution in [1.29, 1.82) is 0 Å². The predicted octanol–water partition coefficient (Wildman–Crippen LogP) is 6.84. The van der Waals surface area contributed by atoms with Crippen LogP contribution in [0.25, 0.3) is 0 Å². The number of unbranched alkanes of at least 4 members (excludes halogenated alkanes) is 2. The van der Waals surface area contributed by atoms with Gasteiger partial charge in [-0.25, -0.2) is 0 Å². The third kappa shape index (κ3) is 6.13. The number of ether oxygens (including phenoxy) is 2. The predicted molar refractivity (Wildman–Crippen MR) is 99.8 cm³/mol. The Morgan fingerprint density at radius 3 is 2.33 bits per heavy atom. The molecular weight excluding hydrogens is 353 g/mol. The number of hydrogen-bond acceptors (Lipinski definition) is 2. The van der Waals surface area contributed by atoms with Crippen LogP contribution in [-0.2, 0) is 4.74 Å². The number of rotatable bonds is 7. The van der Waals surface area contributed by atoms with E-state index in [1.54, 1.807) is 12.1 Å². The maximum atomic E-state index is 12.3. The van der Waals surface area contributed by atoms with Crippen LogP contribution in [0, 0.1) is 11.8 Å². The van der Waals surface area contributed by atoms with E-state index >= 15 is 0 Å². The molecule has 0 radical (unpaired) electrons. The van der Waals surface area contributed by atoms with Crippen molar-refractivity contribution >= 4 is 0 Å². The molecule has 4 atom stereocenters. The van der Waals surface area contributed by atoms with E-state index in [2.05, 4.69) is 11.7 Å². The molecule has 2 aliphatic rings. The Kier molecular flexibility index (Phi) is 7.07. The summed E-state index contributed by atoms with van der Waals surface area (Å²) in [5.74, 6) is 1.79. The largest absolute Gasteiger partial charge is 0.573 e. The molecule has 27 heavy (non-hydrogen) atoms. The lowest BCUT2D eigenvalue weighted by Crippen LogP contribution is -2.33. The fourth-order valence-electron chi connectivity index (χ4n) is 4.84. The Morgan fingerprint density at radius 2 is 1.63 bits per heavy atom. The van der Waals surface area contributed by atoms with Gasteiger partial charge in [-0.3, -0.25) is 0 Å². The third-order valence-corrected chi connectivity index (χ3v) is 6.25. The average Bonchev–Trinajstić information content (AvgIpc) is 2.64. The fourth-order valence-corrected chi connectivity index (χ4v) is 4.84. The van der Waals surface area contributed by atoms with E-state index < -0.39 is 6.36 Å². The maximum Gasteiger partial charge on any atom is 0.573 e. The SMILES string of the molecule is CCCCCOC1CCC2CC(c3ccc(OC(F)(F)F)cc3)CCC2C1. The summed E-state index contributed by atoms with van der Waals surface area (Å²) in [5.41, 5.74) is 1.14. The van der Waals surface area contributed by atoms with Crippen LogP contribution < -0.4 is 4.74 Å². The van der Waals surface area contributed by atoms with E-state index in [-0.39, 0.29) is 5.75 Å². The van der Waals surface area contributed by atoms with E-state index in [4.69, 9.17) is 4.74 Å². The normalized spacial score (nSPS) is 28.6. The van der Waals surface area contributed by atoms with Crippen LogP contribution in [0.2, 0.25) is 0 Å². The van der Waals surface area contributed by atoms with Gasteiger partial charge in [0.15, 0.2) is 0 Å². The highest BCUT2D eigenvalue weighted by Gasteiger charge is 2.36. The lowest BCUT2D eigenvalue weighted by molar-refractivity contribution is -0.274. The quantitative estimate of drug-likeness (QED) is 0.479. The van der Waals surface area contributed by atoms with Gasteiger partial charge in [0.05, 0.1) is 6.10 Å². The first-order valence-electron chi connectivity index (χ1n) is 10.4. The van der Waals surface area contributed by atoms with Gasteiger partial charge in [-0.05, 0) is 80.4 Å². The van der Waals surface area contributed by atoms with E-state index in [9.17, 15) is 13.2 Å². The zero-order valence-corrected chi connectivity index (χ0v) is 16.1. The Morgan fingerprint density at radius 1 is 0.926 bits per heavy atom. The summed E-state index contributed by atoms with van der Waals surface area (Å²) >= 11 is 0. The van der Waals surface area contributed by atoms with Gasteiger partial charge in [-0.1, -0.05) is 31.9 Å². The van der Waals surface area contributed by atoms with E-state index in [1.807, 2.05) is 0 Å². The molecule has 0 aliphatic heterocycles. The molecule has 152 valence electrons. The lowest BCUT2D eigenvalue weighted by atomic mass is 9.65. The smallest absolute Gasteiger partial charge is 0.406 e. The number of fused-ring (bicyclic) bond motifs is 1. The number of alkyl halides is 3. The monoisotopic (exact) mass is 384 g/mol. The van der Waals surface area contributed by atoms with Gasteiger partial charge in [0.25, 0.3) is 0 Å². The van der Waals surface area contributed by atoms with Crippen molar-refractivity contribution in [3.8, 4) is 5.75 Å². The minimum absolute atomic E-state index is 0.138. The molecule has 0 heterocycles. The molecule has 0 saturated heterocycles. The van der Waals surface area contributed by atoms with E-state index in [0.717, 1.165) is 49.7 Å². The molecule has 1 aromatic carbocycles. The van der Waals surface area contributed by atoms with Gasteiger partial charge in [-0.15, -0.1) is 13.2 Å². The average molecular weight is 384 g/mol. The molecule has 0 bridgehead atoms. The van der Waals surface area contributed by atoms with Crippen LogP contribution in [-0.4, -0.2) is 19.1 Å².